The van der Waals surface area contributed by atoms with Gasteiger partial charge in [-0.15, -0.1) is 11.3 Å². The molecular weight excluding hydrogens is 146 g/mol. The number of aromatic nitrogens is 1. The second-order valence-electron chi connectivity index (χ2n) is 1.82. The second kappa shape index (κ2) is 3.49. The van der Waals surface area contributed by atoms with Crippen LogP contribution in [0.4, 0.5) is 0 Å². The molecule has 0 radical (unpaired) electrons. The first kappa shape index (κ1) is 7.44. The van der Waals surface area contributed by atoms with Gasteiger partial charge in [0.2, 0.25) is 0 Å². The van der Waals surface area contributed by atoms with Crippen molar-refractivity contribution in [3.05, 3.63) is 22.2 Å². The van der Waals surface area contributed by atoms with Gasteiger partial charge >= 0.3 is 0 Å². The number of aliphatic hydroxyl groups is 1. The molecule has 2 nitrogen and oxygen atoms in total. The molecule has 1 rings (SSSR count). The van der Waals surface area contributed by atoms with Gasteiger partial charge in [0.25, 0.3) is 0 Å². The molecule has 0 aliphatic carbocycles. The van der Waals surface area contributed by atoms with Gasteiger partial charge in [0, 0.05) is 0 Å². The van der Waals surface area contributed by atoms with Gasteiger partial charge in [-0.1, -0.05) is 6.08 Å². The summed E-state index contributed by atoms with van der Waals surface area (Å²) >= 11 is 1.48. The predicted molar refractivity (Wildman–Crippen MR) is 42.7 cm³/mol. The van der Waals surface area contributed by atoms with E-state index in [-0.39, 0.29) is 6.61 Å². The highest BCUT2D eigenvalue weighted by molar-refractivity contribution is 7.09. The summed E-state index contributed by atoms with van der Waals surface area (Å²) in [6.07, 6.45) is 3.80. The Kier molecular flexibility index (Phi) is 2.59. The van der Waals surface area contributed by atoms with E-state index in [0.29, 0.717) is 0 Å². The molecule has 1 aromatic heterocycles. The molecule has 0 saturated carbocycles. The Morgan fingerprint density at radius 3 is 3.20 bits per heavy atom. The Hall–Kier alpha value is -0.670. The Morgan fingerprint density at radius 1 is 1.80 bits per heavy atom. The number of allylic oxidation sites excluding steroid dienone is 1. The van der Waals surface area contributed by atoms with Crippen molar-refractivity contribution in [2.75, 3.05) is 0 Å². The number of hydrogen-bond acceptors (Lipinski definition) is 3. The minimum absolute atomic E-state index is 0.0876. The third-order valence-corrected chi connectivity index (χ3v) is 1.97. The molecule has 0 amide bonds. The van der Waals surface area contributed by atoms with Crippen LogP contribution in [-0.4, -0.2) is 10.1 Å². The fourth-order valence-electron chi connectivity index (χ4n) is 0.691. The van der Waals surface area contributed by atoms with Crippen LogP contribution >= 0.6 is 11.3 Å². The summed E-state index contributed by atoms with van der Waals surface area (Å²) < 4.78 is 0. The minimum atomic E-state index is 0.0876. The van der Waals surface area contributed by atoms with E-state index in [2.05, 4.69) is 4.98 Å². The molecule has 0 unspecified atom stereocenters. The first-order valence-electron chi connectivity index (χ1n) is 3.04. The normalized spacial score (nSPS) is 11.0. The fourth-order valence-corrected chi connectivity index (χ4v) is 1.30. The lowest BCUT2D eigenvalue weighted by molar-refractivity contribution is 0.285. The highest BCUT2D eigenvalue weighted by Crippen LogP contribution is 2.13. The molecular formula is C7H9NOS. The maximum absolute atomic E-state index is 8.77. The molecule has 10 heavy (non-hydrogen) atoms. The molecule has 1 aromatic rings. The van der Waals surface area contributed by atoms with E-state index in [1.54, 1.807) is 5.51 Å². The van der Waals surface area contributed by atoms with Gasteiger partial charge in [-0.3, -0.25) is 0 Å². The van der Waals surface area contributed by atoms with E-state index in [0.717, 1.165) is 10.6 Å². The van der Waals surface area contributed by atoms with Crippen LogP contribution in [0.2, 0.25) is 0 Å². The van der Waals surface area contributed by atoms with Gasteiger partial charge in [-0.2, -0.15) is 0 Å². The van der Waals surface area contributed by atoms with E-state index in [1.165, 1.54) is 11.3 Å². The van der Waals surface area contributed by atoms with Gasteiger partial charge in [0.1, 0.15) is 0 Å². The lowest BCUT2D eigenvalue weighted by Crippen LogP contribution is -1.80. The topological polar surface area (TPSA) is 33.1 Å². The van der Waals surface area contributed by atoms with Gasteiger partial charge < -0.3 is 5.11 Å². The largest absolute Gasteiger partial charge is 0.391 e. The summed E-state index contributed by atoms with van der Waals surface area (Å²) in [5.74, 6) is 0. The maximum Gasteiger partial charge on any atom is 0.0802 e. The Balaban J connectivity index is 2.90. The summed E-state index contributed by atoms with van der Waals surface area (Å²) in [7, 11) is 0. The van der Waals surface area contributed by atoms with Crippen molar-refractivity contribution in [3.8, 4) is 0 Å². The third kappa shape index (κ3) is 1.43. The summed E-state index contributed by atoms with van der Waals surface area (Å²) in [4.78, 5) is 4.98. The zero-order valence-electron chi connectivity index (χ0n) is 5.74. The minimum Gasteiger partial charge on any atom is -0.391 e. The number of aliphatic hydroxyl groups excluding tert-OH is 1. The van der Waals surface area contributed by atoms with Crippen molar-refractivity contribution < 1.29 is 5.11 Å². The molecule has 0 bridgehead atoms. The summed E-state index contributed by atoms with van der Waals surface area (Å²) in [5.41, 5.74) is 2.62. The molecule has 1 N–H and O–H groups in total. The summed E-state index contributed by atoms with van der Waals surface area (Å²) in [6.45, 7) is 2.02. The molecule has 3 heteroatoms. The highest BCUT2D eigenvalue weighted by Gasteiger charge is 1.98. The number of thiazole rings is 1. The number of rotatable bonds is 2. The van der Waals surface area contributed by atoms with Crippen molar-refractivity contribution >= 4 is 17.4 Å². The zero-order chi connectivity index (χ0) is 7.40. The van der Waals surface area contributed by atoms with E-state index in [1.807, 2.05) is 19.1 Å². The smallest absolute Gasteiger partial charge is 0.0802 e. The van der Waals surface area contributed by atoms with Crippen LogP contribution in [0.5, 0.6) is 0 Å². The van der Waals surface area contributed by atoms with Gasteiger partial charge in [0.05, 0.1) is 22.7 Å². The monoisotopic (exact) mass is 155 g/mol. The number of hydrogen-bond donors (Lipinski definition) is 1. The Morgan fingerprint density at radius 2 is 2.60 bits per heavy atom. The first-order valence-corrected chi connectivity index (χ1v) is 3.92. The standard InChI is InChI=1S/C7H9NOS/c1-2-3-6-7(4-9)10-5-8-6/h2-3,5,9H,4H2,1H3/b3-2-. The second-order valence-corrected chi connectivity index (χ2v) is 2.76. The molecule has 0 aliphatic heterocycles. The Bertz CT molecular complexity index is 229. The fraction of sp³-hybridized carbons (Fsp3) is 0.286. The molecule has 0 fully saturated rings. The average molecular weight is 155 g/mol. The summed E-state index contributed by atoms with van der Waals surface area (Å²) in [6, 6.07) is 0. The van der Waals surface area contributed by atoms with Gasteiger partial charge in [-0.05, 0) is 13.0 Å². The Labute approximate surface area is 63.9 Å². The van der Waals surface area contributed by atoms with Crippen molar-refractivity contribution in [1.29, 1.82) is 0 Å². The number of nitrogens with zero attached hydrogens (tertiary/aromatic N) is 1. The van der Waals surface area contributed by atoms with E-state index in [4.69, 9.17) is 5.11 Å². The predicted octanol–water partition coefficient (Wildman–Crippen LogP) is 1.67. The molecule has 54 valence electrons. The first-order chi connectivity index (χ1) is 4.88. The van der Waals surface area contributed by atoms with Crippen LogP contribution in [0.1, 0.15) is 17.5 Å². The zero-order valence-corrected chi connectivity index (χ0v) is 6.56. The average Bonchev–Trinajstić information content (AvgIpc) is 2.36. The van der Waals surface area contributed by atoms with Crippen LogP contribution in [0.25, 0.3) is 6.08 Å². The molecule has 1 heterocycles. The van der Waals surface area contributed by atoms with Gasteiger partial charge in [0.15, 0.2) is 0 Å². The van der Waals surface area contributed by atoms with Crippen molar-refractivity contribution in [2.45, 2.75) is 13.5 Å². The molecule has 0 saturated heterocycles. The molecule has 0 atom stereocenters. The SMILES string of the molecule is C/C=C\c1ncsc1CO. The van der Waals surface area contributed by atoms with E-state index >= 15 is 0 Å². The van der Waals surface area contributed by atoms with Crippen LogP contribution < -0.4 is 0 Å². The van der Waals surface area contributed by atoms with Crippen molar-refractivity contribution in [3.63, 3.8) is 0 Å². The van der Waals surface area contributed by atoms with Gasteiger partial charge in [-0.25, -0.2) is 4.98 Å². The van der Waals surface area contributed by atoms with Crippen LogP contribution in [0, 0.1) is 0 Å². The van der Waals surface area contributed by atoms with Crippen molar-refractivity contribution in [1.82, 2.24) is 4.98 Å². The van der Waals surface area contributed by atoms with Crippen molar-refractivity contribution in [2.24, 2.45) is 0 Å². The maximum atomic E-state index is 8.77. The highest BCUT2D eigenvalue weighted by atomic mass is 32.1. The molecule has 0 aliphatic rings. The lowest BCUT2D eigenvalue weighted by Gasteiger charge is -1.88. The third-order valence-electron chi connectivity index (χ3n) is 1.14. The van der Waals surface area contributed by atoms with Crippen LogP contribution in [-0.2, 0) is 6.61 Å². The van der Waals surface area contributed by atoms with E-state index in [9.17, 15) is 0 Å². The summed E-state index contributed by atoms with van der Waals surface area (Å²) in [5, 5.41) is 8.77. The van der Waals surface area contributed by atoms with E-state index < -0.39 is 0 Å². The lowest BCUT2D eigenvalue weighted by atomic mass is 10.3. The molecule has 0 aromatic carbocycles. The quantitative estimate of drug-likeness (QED) is 0.704. The molecule has 0 spiro atoms. The van der Waals surface area contributed by atoms with Crippen LogP contribution in [0.3, 0.4) is 0 Å². The van der Waals surface area contributed by atoms with Crippen LogP contribution in [0.15, 0.2) is 11.6 Å².